The molecule has 0 saturated heterocycles. The second kappa shape index (κ2) is 13.4. The molecule has 0 spiro atoms. The first-order valence-corrected chi connectivity index (χ1v) is 8.37. The van der Waals surface area contributed by atoms with Crippen LogP contribution >= 0.6 is 0 Å². The van der Waals surface area contributed by atoms with E-state index in [4.69, 9.17) is 4.18 Å². The molecule has 0 N–H and O–H groups in total. The van der Waals surface area contributed by atoms with Crippen LogP contribution in [0.1, 0.15) is 52.9 Å². The summed E-state index contributed by atoms with van der Waals surface area (Å²) >= 11 is 0. The van der Waals surface area contributed by atoms with Crippen molar-refractivity contribution in [1.29, 1.82) is 0 Å². The molecule has 19 heavy (non-hydrogen) atoms. The first-order chi connectivity index (χ1) is 8.52. The molecule has 0 aromatic rings. The van der Waals surface area contributed by atoms with Gasteiger partial charge in [0.05, 0.1) is 12.4 Å². The minimum absolute atomic E-state index is 0. The zero-order valence-electron chi connectivity index (χ0n) is 11.8. The van der Waals surface area contributed by atoms with Crippen LogP contribution in [0.25, 0.3) is 0 Å². The molecule has 0 bridgehead atoms. The first-order valence-electron chi connectivity index (χ1n) is 6.80. The number of allylic oxidation sites excluding steroid dienone is 1. The Morgan fingerprint density at radius 3 is 2.47 bits per heavy atom. The Labute approximate surface area is 140 Å². The summed E-state index contributed by atoms with van der Waals surface area (Å²) in [6.07, 6.45) is 8.65. The van der Waals surface area contributed by atoms with Gasteiger partial charge < -0.3 is 0 Å². The zero-order valence-corrected chi connectivity index (χ0v) is 12.6. The van der Waals surface area contributed by atoms with Crippen LogP contribution in [0.2, 0.25) is 0 Å². The Morgan fingerprint density at radius 2 is 1.89 bits per heavy atom. The monoisotopic (exact) mass is 298 g/mol. The fourth-order valence-electron chi connectivity index (χ4n) is 1.42. The van der Waals surface area contributed by atoms with E-state index in [1.54, 1.807) is 6.08 Å². The molecule has 0 aromatic carbocycles. The van der Waals surface area contributed by atoms with Crippen molar-refractivity contribution in [2.45, 2.75) is 52.9 Å². The van der Waals surface area contributed by atoms with Gasteiger partial charge in [-0.2, -0.15) is 8.42 Å². The summed E-state index contributed by atoms with van der Waals surface area (Å²) in [6.45, 7) is 6.33. The summed E-state index contributed by atoms with van der Waals surface area (Å²) in [6, 6.07) is 0. The molecule has 1 unspecified atom stereocenters. The van der Waals surface area contributed by atoms with E-state index in [9.17, 15) is 8.42 Å². The van der Waals surface area contributed by atoms with Crippen LogP contribution in [0.4, 0.5) is 0 Å². The van der Waals surface area contributed by atoms with Gasteiger partial charge >= 0.3 is 29.6 Å². The summed E-state index contributed by atoms with van der Waals surface area (Å²) in [5.74, 6) is -0.0270. The van der Waals surface area contributed by atoms with Crippen molar-refractivity contribution in [3.8, 4) is 0 Å². The van der Waals surface area contributed by atoms with E-state index in [1.807, 2.05) is 13.0 Å². The minimum atomic E-state index is -3.39. The van der Waals surface area contributed by atoms with Crippen LogP contribution in [0.5, 0.6) is 0 Å². The van der Waals surface area contributed by atoms with Crippen LogP contribution in [0.3, 0.4) is 0 Å². The van der Waals surface area contributed by atoms with Gasteiger partial charge in [-0.05, 0) is 30.9 Å². The summed E-state index contributed by atoms with van der Waals surface area (Å²) in [5.41, 5.74) is 3.02. The Balaban J connectivity index is 0. The predicted octanol–water partition coefficient (Wildman–Crippen LogP) is 3.02. The van der Waals surface area contributed by atoms with Crippen LogP contribution in [0.15, 0.2) is 17.9 Å². The molecule has 0 fully saturated rings. The molecule has 0 rings (SSSR count). The molecule has 0 aliphatic carbocycles. The van der Waals surface area contributed by atoms with E-state index < -0.39 is 10.1 Å². The number of rotatable bonds is 10. The zero-order chi connectivity index (χ0) is 13.9. The topological polar surface area (TPSA) is 43.4 Å². The van der Waals surface area contributed by atoms with Gasteiger partial charge in [0.15, 0.2) is 0 Å². The normalized spacial score (nSPS) is 12.2. The number of hydrogen-bond acceptors (Lipinski definition) is 3. The van der Waals surface area contributed by atoms with Crippen molar-refractivity contribution in [3.63, 3.8) is 0 Å². The van der Waals surface area contributed by atoms with E-state index in [0.29, 0.717) is 6.61 Å². The maximum atomic E-state index is 11.6. The molecule has 0 saturated carbocycles. The van der Waals surface area contributed by atoms with Gasteiger partial charge in [-0.15, -0.1) is 5.73 Å². The maximum absolute atomic E-state index is 11.6. The molecule has 1 atom stereocenters. The molecule has 0 heterocycles. The third-order valence-electron chi connectivity index (χ3n) is 2.41. The number of hydrogen-bond donors (Lipinski definition) is 0. The van der Waals surface area contributed by atoms with Crippen molar-refractivity contribution >= 4 is 39.7 Å². The molecule has 0 amide bonds. The Morgan fingerprint density at radius 1 is 1.21 bits per heavy atom. The van der Waals surface area contributed by atoms with Gasteiger partial charge in [0.2, 0.25) is 0 Å². The van der Waals surface area contributed by atoms with E-state index in [2.05, 4.69) is 19.6 Å². The van der Waals surface area contributed by atoms with E-state index in [0.717, 1.165) is 32.1 Å². The van der Waals surface area contributed by atoms with Gasteiger partial charge in [-0.25, -0.2) is 0 Å². The predicted molar refractivity (Wildman–Crippen MR) is 83.1 cm³/mol. The number of unbranched alkanes of at least 4 members (excludes halogenated alkanes) is 3. The molecule has 0 radical (unpaired) electrons. The summed E-state index contributed by atoms with van der Waals surface area (Å²) in [5, 5.41) is 0. The summed E-state index contributed by atoms with van der Waals surface area (Å²) in [7, 11) is -3.39. The second-order valence-electron chi connectivity index (χ2n) is 4.56. The van der Waals surface area contributed by atoms with Crippen molar-refractivity contribution in [1.82, 2.24) is 0 Å². The van der Waals surface area contributed by atoms with Crippen molar-refractivity contribution in [3.05, 3.63) is 17.9 Å². The van der Waals surface area contributed by atoms with Crippen molar-refractivity contribution in [2.24, 2.45) is 5.92 Å². The van der Waals surface area contributed by atoms with Gasteiger partial charge in [0, 0.05) is 0 Å². The van der Waals surface area contributed by atoms with Crippen LogP contribution in [-0.2, 0) is 14.3 Å². The van der Waals surface area contributed by atoms with Gasteiger partial charge in [-0.1, -0.05) is 40.0 Å². The van der Waals surface area contributed by atoms with Gasteiger partial charge in [0.1, 0.15) is 0 Å². The Kier molecular flexibility index (Phi) is 15.3. The molecule has 3 nitrogen and oxygen atoms in total. The van der Waals surface area contributed by atoms with Crippen molar-refractivity contribution < 1.29 is 12.6 Å². The second-order valence-corrected chi connectivity index (χ2v) is 6.24. The van der Waals surface area contributed by atoms with Crippen LogP contribution in [-0.4, -0.2) is 50.3 Å². The Bertz CT molecular complexity index is 357. The quantitative estimate of drug-likeness (QED) is 0.269. The van der Waals surface area contributed by atoms with E-state index in [1.165, 1.54) is 0 Å². The molecular formula is C14H27NaO3S. The molecule has 0 aliphatic heterocycles. The van der Waals surface area contributed by atoms with Gasteiger partial charge in [-0.3, -0.25) is 4.18 Å². The van der Waals surface area contributed by atoms with Gasteiger partial charge in [0.25, 0.3) is 10.1 Å². The van der Waals surface area contributed by atoms with E-state index >= 15 is 0 Å². The average molecular weight is 298 g/mol. The van der Waals surface area contributed by atoms with Crippen LogP contribution in [0, 0.1) is 5.92 Å². The van der Waals surface area contributed by atoms with E-state index in [-0.39, 0.29) is 41.2 Å². The van der Waals surface area contributed by atoms with Crippen molar-refractivity contribution in [2.75, 3.05) is 12.4 Å². The molecule has 5 heteroatoms. The summed E-state index contributed by atoms with van der Waals surface area (Å²) < 4.78 is 28.2. The third-order valence-corrected chi connectivity index (χ3v) is 3.87. The fourth-order valence-corrected chi connectivity index (χ4v) is 2.62. The fraction of sp³-hybridized carbons (Fsp3) is 0.786. The van der Waals surface area contributed by atoms with Crippen LogP contribution < -0.4 is 0 Å². The summed E-state index contributed by atoms with van der Waals surface area (Å²) in [4.78, 5) is 0. The average Bonchev–Trinajstić information content (AvgIpc) is 2.30. The third kappa shape index (κ3) is 14.6. The molecular weight excluding hydrogens is 271 g/mol. The first kappa shape index (κ1) is 21.7. The SMILES string of the molecule is CCCC=C=CC(C)CS(=O)(=O)OCCCCC.[NaH]. The molecule has 0 aliphatic rings. The standard InChI is InChI=1S/C14H26O3S.Na.H/c1-4-6-8-9-11-14(3)13-18(15,16)17-12-10-7-5-2;;/h8,11,14H,4-7,10,12-13H2,1-3H3;;. The molecule has 108 valence electrons. The molecule has 0 aromatic heterocycles. The Hall–Kier alpha value is 0.430.